The molecule has 0 spiro atoms. The Morgan fingerprint density at radius 3 is 2.38 bits per heavy atom. The van der Waals surface area contributed by atoms with E-state index in [0.29, 0.717) is 18.2 Å². The van der Waals surface area contributed by atoms with Gasteiger partial charge in [-0.15, -0.1) is 0 Å². The molecule has 112 valence electrons. The first kappa shape index (κ1) is 15.0. The van der Waals surface area contributed by atoms with Crippen molar-refractivity contribution in [3.05, 3.63) is 27.8 Å². The Morgan fingerprint density at radius 1 is 1.05 bits per heavy atom. The number of anilines is 1. The zero-order valence-corrected chi connectivity index (χ0v) is 14.1. The number of nitrogens with two attached hydrogens (primary N) is 1. The van der Waals surface area contributed by atoms with Crippen molar-refractivity contribution in [3.63, 3.8) is 0 Å². The van der Waals surface area contributed by atoms with E-state index in [1.54, 1.807) is 0 Å². The van der Waals surface area contributed by atoms with Gasteiger partial charge in [0.15, 0.2) is 6.04 Å². The smallest absolute Gasteiger partial charge is 0.292 e. The fourth-order valence-corrected chi connectivity index (χ4v) is 3.68. The summed E-state index contributed by atoms with van der Waals surface area (Å²) in [6.45, 7) is 0. The quantitative estimate of drug-likeness (QED) is 0.623. The van der Waals surface area contributed by atoms with Crippen LogP contribution in [0.5, 0.6) is 0 Å². The van der Waals surface area contributed by atoms with Gasteiger partial charge in [-0.25, -0.2) is 4.90 Å². The summed E-state index contributed by atoms with van der Waals surface area (Å²) in [6, 6.07) is 7.83. The van der Waals surface area contributed by atoms with Crippen molar-refractivity contribution < 1.29 is 14.9 Å². The summed E-state index contributed by atoms with van der Waals surface area (Å²) in [4.78, 5) is 26.1. The van der Waals surface area contributed by atoms with Crippen molar-refractivity contribution >= 4 is 40.1 Å². The van der Waals surface area contributed by atoms with Gasteiger partial charge in [-0.2, -0.15) is 0 Å². The Bertz CT molecular complexity index is 538. The van der Waals surface area contributed by atoms with Gasteiger partial charge in [-0.05, 0) is 72.5 Å². The van der Waals surface area contributed by atoms with Gasteiger partial charge in [0, 0.05) is 3.57 Å². The maximum absolute atomic E-state index is 12.5. The molecule has 4 nitrogen and oxygen atoms in total. The molecule has 1 saturated heterocycles. The van der Waals surface area contributed by atoms with E-state index in [9.17, 15) is 9.59 Å². The molecule has 0 bridgehead atoms. The number of hydrogen-bond donors (Lipinski definition) is 1. The summed E-state index contributed by atoms with van der Waals surface area (Å²) < 4.78 is 1.10. The van der Waals surface area contributed by atoms with Crippen LogP contribution in [0, 0.1) is 3.57 Å². The molecular weight excluding hydrogens is 379 g/mol. The lowest BCUT2D eigenvalue weighted by molar-refractivity contribution is -0.710. The highest BCUT2D eigenvalue weighted by atomic mass is 127. The highest BCUT2D eigenvalue weighted by Gasteiger charge is 2.43. The summed E-state index contributed by atoms with van der Waals surface area (Å²) >= 11 is 2.22. The molecule has 2 aliphatic rings. The lowest BCUT2D eigenvalue weighted by Crippen LogP contribution is -2.96. The van der Waals surface area contributed by atoms with Crippen LogP contribution in [0.2, 0.25) is 0 Å². The van der Waals surface area contributed by atoms with Gasteiger partial charge in [0.05, 0.1) is 18.2 Å². The van der Waals surface area contributed by atoms with Crippen LogP contribution in [0.4, 0.5) is 5.69 Å². The Morgan fingerprint density at radius 2 is 1.71 bits per heavy atom. The molecule has 2 N–H and O–H groups in total. The monoisotopic (exact) mass is 399 g/mol. The normalized spacial score (nSPS) is 23.9. The number of carbonyl (C=O) groups is 2. The van der Waals surface area contributed by atoms with Crippen LogP contribution in [0.3, 0.4) is 0 Å². The fourth-order valence-electron chi connectivity index (χ4n) is 3.32. The van der Waals surface area contributed by atoms with E-state index < -0.39 is 0 Å². The molecule has 1 aliphatic carbocycles. The van der Waals surface area contributed by atoms with Gasteiger partial charge in [0.1, 0.15) is 0 Å². The van der Waals surface area contributed by atoms with Crippen LogP contribution in [-0.4, -0.2) is 23.9 Å². The van der Waals surface area contributed by atoms with Gasteiger partial charge in [-0.1, -0.05) is 6.42 Å². The van der Waals surface area contributed by atoms with Gasteiger partial charge in [0.25, 0.3) is 5.91 Å². The zero-order chi connectivity index (χ0) is 14.8. The summed E-state index contributed by atoms with van der Waals surface area (Å²) in [6.07, 6.45) is 6.47. The van der Waals surface area contributed by atoms with E-state index >= 15 is 0 Å². The van der Waals surface area contributed by atoms with Crippen LogP contribution in [0.1, 0.15) is 38.5 Å². The van der Waals surface area contributed by atoms with E-state index in [2.05, 4.69) is 27.9 Å². The average Bonchev–Trinajstić information content (AvgIpc) is 2.76. The molecule has 0 unspecified atom stereocenters. The number of rotatable bonds is 3. The second-order valence-corrected chi connectivity index (χ2v) is 7.19. The molecule has 1 aliphatic heterocycles. The zero-order valence-electron chi connectivity index (χ0n) is 11.9. The van der Waals surface area contributed by atoms with Crippen LogP contribution >= 0.6 is 22.6 Å². The van der Waals surface area contributed by atoms with Crippen LogP contribution < -0.4 is 10.2 Å². The number of carbonyl (C=O) groups excluding carboxylic acids is 2. The van der Waals surface area contributed by atoms with Crippen molar-refractivity contribution in [2.24, 2.45) is 0 Å². The minimum absolute atomic E-state index is 0.0493. The molecule has 0 aromatic heterocycles. The maximum Gasteiger partial charge on any atom is 0.292 e. The predicted octanol–water partition coefficient (Wildman–Crippen LogP) is 1.82. The van der Waals surface area contributed by atoms with Crippen molar-refractivity contribution in [3.8, 4) is 0 Å². The molecule has 0 radical (unpaired) electrons. The van der Waals surface area contributed by atoms with Crippen LogP contribution in [0.25, 0.3) is 0 Å². The van der Waals surface area contributed by atoms with E-state index in [1.807, 2.05) is 24.3 Å². The topological polar surface area (TPSA) is 54.0 Å². The Kier molecular flexibility index (Phi) is 4.59. The van der Waals surface area contributed by atoms with Gasteiger partial charge in [0.2, 0.25) is 5.91 Å². The maximum atomic E-state index is 12.5. The fraction of sp³-hybridized carbons (Fsp3) is 0.500. The largest absolute Gasteiger partial charge is 0.333 e. The average molecular weight is 399 g/mol. The third-order valence-corrected chi connectivity index (χ3v) is 5.14. The van der Waals surface area contributed by atoms with E-state index in [-0.39, 0.29) is 17.9 Å². The highest BCUT2D eigenvalue weighted by Crippen LogP contribution is 2.23. The molecule has 21 heavy (non-hydrogen) atoms. The molecule has 1 heterocycles. The second-order valence-electron chi connectivity index (χ2n) is 5.94. The first-order valence-corrected chi connectivity index (χ1v) is 8.70. The van der Waals surface area contributed by atoms with E-state index in [1.165, 1.54) is 37.0 Å². The first-order valence-electron chi connectivity index (χ1n) is 7.62. The molecule has 3 rings (SSSR count). The number of halogens is 1. The molecule has 2 amide bonds. The number of quaternary nitrogens is 1. The molecule has 1 aromatic carbocycles. The summed E-state index contributed by atoms with van der Waals surface area (Å²) in [5, 5.41) is 2.14. The third kappa shape index (κ3) is 3.29. The van der Waals surface area contributed by atoms with Gasteiger partial charge in [-0.3, -0.25) is 9.59 Å². The van der Waals surface area contributed by atoms with Crippen molar-refractivity contribution in [1.29, 1.82) is 0 Å². The molecule has 1 saturated carbocycles. The Labute approximate surface area is 138 Å². The summed E-state index contributed by atoms with van der Waals surface area (Å²) in [5.74, 6) is -0.120. The van der Waals surface area contributed by atoms with E-state index in [0.717, 1.165) is 3.57 Å². The van der Waals surface area contributed by atoms with Crippen molar-refractivity contribution in [2.75, 3.05) is 4.90 Å². The summed E-state index contributed by atoms with van der Waals surface area (Å²) in [7, 11) is 0. The SMILES string of the molecule is O=C1C[C@H]([NH2+]C2CCCCC2)C(=O)N1c1ccc(I)cc1. The minimum Gasteiger partial charge on any atom is -0.333 e. The number of benzene rings is 1. The number of amides is 2. The first-order chi connectivity index (χ1) is 10.1. The minimum atomic E-state index is -0.222. The molecule has 5 heteroatoms. The number of imide groups is 1. The van der Waals surface area contributed by atoms with Gasteiger partial charge < -0.3 is 5.32 Å². The molecule has 2 fully saturated rings. The second kappa shape index (κ2) is 6.44. The Balaban J connectivity index is 1.71. The molecular formula is C16H20IN2O2+. The number of hydrogen-bond acceptors (Lipinski definition) is 2. The lowest BCUT2D eigenvalue weighted by atomic mass is 9.95. The Hall–Kier alpha value is -0.950. The van der Waals surface area contributed by atoms with Crippen LogP contribution in [-0.2, 0) is 9.59 Å². The van der Waals surface area contributed by atoms with Gasteiger partial charge >= 0.3 is 0 Å². The standard InChI is InChI=1S/C16H19IN2O2/c17-11-6-8-13(9-7-11)19-15(20)10-14(16(19)21)18-12-4-2-1-3-5-12/h6-9,12,14,18H,1-5,10H2/p+1/t14-/m0/s1. The predicted molar refractivity (Wildman–Crippen MR) is 88.9 cm³/mol. The van der Waals surface area contributed by atoms with Crippen molar-refractivity contribution in [1.82, 2.24) is 0 Å². The third-order valence-electron chi connectivity index (χ3n) is 4.42. The molecule has 1 aromatic rings. The lowest BCUT2D eigenvalue weighted by Gasteiger charge is -2.22. The van der Waals surface area contributed by atoms with E-state index in [4.69, 9.17) is 0 Å². The summed E-state index contributed by atoms with van der Waals surface area (Å²) in [5.41, 5.74) is 0.699. The van der Waals surface area contributed by atoms with Crippen molar-refractivity contribution in [2.45, 2.75) is 50.6 Å². The number of nitrogens with zero attached hydrogens (tertiary/aromatic N) is 1. The highest BCUT2D eigenvalue weighted by molar-refractivity contribution is 14.1. The molecule has 1 atom stereocenters. The van der Waals surface area contributed by atoms with Crippen LogP contribution in [0.15, 0.2) is 24.3 Å².